The van der Waals surface area contributed by atoms with Gasteiger partial charge in [-0.2, -0.15) is 9.78 Å². The summed E-state index contributed by atoms with van der Waals surface area (Å²) in [5, 5.41) is 6.96. The molecule has 8 nitrogen and oxygen atoms in total. The number of anilines is 1. The van der Waals surface area contributed by atoms with Crippen LogP contribution in [-0.4, -0.2) is 30.2 Å². The van der Waals surface area contributed by atoms with Gasteiger partial charge in [0, 0.05) is 24.6 Å². The first kappa shape index (κ1) is 15.7. The van der Waals surface area contributed by atoms with E-state index in [2.05, 4.69) is 20.4 Å². The van der Waals surface area contributed by atoms with Crippen molar-refractivity contribution in [2.75, 3.05) is 5.32 Å². The Balaban J connectivity index is 1.66. The minimum absolute atomic E-state index is 0.0794. The largest absolute Gasteiger partial charge is 0.348 e. The van der Waals surface area contributed by atoms with Crippen LogP contribution in [0.2, 0.25) is 0 Å². The number of amides is 1. The lowest BCUT2D eigenvalue weighted by molar-refractivity contribution is -0.119. The predicted octanol–water partition coefficient (Wildman–Crippen LogP) is 1.34. The number of nitrogens with one attached hydrogen (secondary N) is 2. The quantitative estimate of drug-likeness (QED) is 0.739. The van der Waals surface area contributed by atoms with Gasteiger partial charge in [0.05, 0.1) is 17.9 Å². The number of carbonyl (C=O) groups is 1. The lowest BCUT2D eigenvalue weighted by Crippen LogP contribution is -2.24. The fraction of sp³-hybridized carbons (Fsp3) is 0.250. The van der Waals surface area contributed by atoms with Crippen molar-refractivity contribution in [2.24, 2.45) is 5.92 Å². The van der Waals surface area contributed by atoms with Crippen molar-refractivity contribution in [1.82, 2.24) is 24.3 Å². The van der Waals surface area contributed by atoms with Crippen LogP contribution >= 0.6 is 0 Å². The molecule has 1 atom stereocenters. The van der Waals surface area contributed by atoms with Crippen LogP contribution in [0.25, 0.3) is 5.69 Å². The van der Waals surface area contributed by atoms with Crippen molar-refractivity contribution < 1.29 is 4.79 Å². The van der Waals surface area contributed by atoms with Crippen molar-refractivity contribution >= 4 is 11.6 Å². The second kappa shape index (κ2) is 6.53. The normalized spacial score (nSPS) is 12.1. The number of nitrogens with zero attached hydrogens (tertiary/aromatic N) is 4. The number of benzene rings is 1. The topological polar surface area (TPSA) is 97.6 Å². The van der Waals surface area contributed by atoms with E-state index in [4.69, 9.17) is 0 Å². The molecule has 8 heteroatoms. The molecule has 2 heterocycles. The fourth-order valence-electron chi connectivity index (χ4n) is 2.35. The maximum Gasteiger partial charge on any atom is 0.348 e. The Kier molecular flexibility index (Phi) is 4.28. The van der Waals surface area contributed by atoms with Crippen molar-refractivity contribution in [3.05, 3.63) is 59.3 Å². The Morgan fingerprint density at radius 2 is 2.08 bits per heavy atom. The number of rotatable bonds is 5. The number of imidazole rings is 1. The smallest absolute Gasteiger partial charge is 0.337 e. The average molecular weight is 326 g/mol. The molecular weight excluding hydrogens is 308 g/mol. The van der Waals surface area contributed by atoms with E-state index in [9.17, 15) is 9.59 Å². The average Bonchev–Trinajstić information content (AvgIpc) is 3.17. The van der Waals surface area contributed by atoms with Crippen molar-refractivity contribution in [1.29, 1.82) is 0 Å². The molecule has 3 rings (SSSR count). The second-order valence-electron chi connectivity index (χ2n) is 5.62. The summed E-state index contributed by atoms with van der Waals surface area (Å²) in [6, 6.07) is 6.96. The van der Waals surface area contributed by atoms with E-state index in [-0.39, 0.29) is 17.5 Å². The number of H-pyrrole nitrogens is 1. The monoisotopic (exact) mass is 326 g/mol. The van der Waals surface area contributed by atoms with Gasteiger partial charge >= 0.3 is 5.69 Å². The van der Waals surface area contributed by atoms with Gasteiger partial charge in [0.15, 0.2) is 0 Å². The Morgan fingerprint density at radius 3 is 2.67 bits per heavy atom. The summed E-state index contributed by atoms with van der Waals surface area (Å²) in [5.74, 6) is 0.269. The molecule has 1 aromatic carbocycles. The molecule has 0 aliphatic heterocycles. The third-order valence-electron chi connectivity index (χ3n) is 3.60. The van der Waals surface area contributed by atoms with E-state index in [0.717, 1.165) is 0 Å². The summed E-state index contributed by atoms with van der Waals surface area (Å²) in [5.41, 5.74) is 1.01. The van der Waals surface area contributed by atoms with E-state index < -0.39 is 0 Å². The molecule has 0 fully saturated rings. The van der Waals surface area contributed by atoms with E-state index in [1.807, 2.05) is 17.7 Å². The number of aromatic nitrogens is 5. The van der Waals surface area contributed by atoms with Gasteiger partial charge in [-0.1, -0.05) is 6.92 Å². The van der Waals surface area contributed by atoms with E-state index in [1.165, 1.54) is 4.68 Å². The van der Waals surface area contributed by atoms with Gasteiger partial charge in [0.1, 0.15) is 5.82 Å². The molecule has 1 unspecified atom stereocenters. The van der Waals surface area contributed by atoms with Crippen LogP contribution in [0.4, 0.5) is 5.69 Å². The van der Waals surface area contributed by atoms with Crippen molar-refractivity contribution in [3.8, 4) is 5.69 Å². The van der Waals surface area contributed by atoms with E-state index in [1.54, 1.807) is 43.7 Å². The minimum atomic E-state index is -0.293. The molecule has 3 aromatic rings. The molecule has 0 radical (unpaired) electrons. The van der Waals surface area contributed by atoms with Crippen LogP contribution in [0.5, 0.6) is 0 Å². The zero-order chi connectivity index (χ0) is 17.1. The van der Waals surface area contributed by atoms with Gasteiger partial charge in [0.2, 0.25) is 5.91 Å². The lowest BCUT2D eigenvalue weighted by Gasteiger charge is -2.13. The van der Waals surface area contributed by atoms with Crippen molar-refractivity contribution in [2.45, 2.75) is 20.4 Å². The molecule has 124 valence electrons. The highest BCUT2D eigenvalue weighted by Gasteiger charge is 2.14. The number of carbonyl (C=O) groups excluding carboxylic acids is 1. The van der Waals surface area contributed by atoms with Crippen molar-refractivity contribution in [3.63, 3.8) is 0 Å². The maximum atomic E-state index is 12.2. The van der Waals surface area contributed by atoms with Gasteiger partial charge in [-0.15, -0.1) is 0 Å². The molecule has 24 heavy (non-hydrogen) atoms. The summed E-state index contributed by atoms with van der Waals surface area (Å²) in [6.45, 7) is 4.13. The first-order chi connectivity index (χ1) is 11.5. The zero-order valence-corrected chi connectivity index (χ0v) is 13.4. The predicted molar refractivity (Wildman–Crippen MR) is 88.9 cm³/mol. The number of hydrogen-bond acceptors (Lipinski definition) is 4. The maximum absolute atomic E-state index is 12.2. The van der Waals surface area contributed by atoms with Crippen LogP contribution in [0, 0.1) is 12.8 Å². The zero-order valence-electron chi connectivity index (χ0n) is 13.4. The Labute approximate surface area is 138 Å². The van der Waals surface area contributed by atoms with Gasteiger partial charge in [-0.3, -0.25) is 9.78 Å². The molecular formula is C16H18N6O2. The molecule has 0 aliphatic rings. The molecule has 2 aromatic heterocycles. The fourth-order valence-corrected chi connectivity index (χ4v) is 2.35. The summed E-state index contributed by atoms with van der Waals surface area (Å²) in [4.78, 5) is 30.5. The van der Waals surface area contributed by atoms with Crippen LogP contribution in [-0.2, 0) is 11.3 Å². The second-order valence-corrected chi connectivity index (χ2v) is 5.62. The molecule has 0 bridgehead atoms. The van der Waals surface area contributed by atoms with Gasteiger partial charge in [-0.25, -0.2) is 9.78 Å². The highest BCUT2D eigenvalue weighted by atomic mass is 16.2. The van der Waals surface area contributed by atoms with Crippen LogP contribution in [0.15, 0.2) is 47.8 Å². The summed E-state index contributed by atoms with van der Waals surface area (Å²) < 4.78 is 3.14. The third-order valence-corrected chi connectivity index (χ3v) is 3.60. The SMILES string of the molecule is Cc1nn(-c2ccc(NC(=O)C(C)Cn3ccnc3)cc2)c(=O)[nH]1. The lowest BCUT2D eigenvalue weighted by atomic mass is 10.1. The highest BCUT2D eigenvalue weighted by Crippen LogP contribution is 2.13. The first-order valence-corrected chi connectivity index (χ1v) is 7.56. The van der Waals surface area contributed by atoms with E-state index in [0.29, 0.717) is 23.7 Å². The first-order valence-electron chi connectivity index (χ1n) is 7.56. The standard InChI is InChI=1S/C16H18N6O2/c1-11(9-21-8-7-17-10-21)15(23)19-13-3-5-14(6-4-13)22-16(24)18-12(2)20-22/h3-8,10-11H,9H2,1-2H3,(H,19,23)(H,18,20,24). The molecule has 0 aliphatic carbocycles. The molecule has 0 spiro atoms. The molecule has 0 saturated heterocycles. The molecule has 0 saturated carbocycles. The summed E-state index contributed by atoms with van der Waals surface area (Å²) in [7, 11) is 0. The minimum Gasteiger partial charge on any atom is -0.337 e. The number of aromatic amines is 1. The third kappa shape index (κ3) is 3.43. The van der Waals surface area contributed by atoms with E-state index >= 15 is 0 Å². The number of aryl methyl sites for hydroxylation is 1. The van der Waals surface area contributed by atoms with Crippen LogP contribution in [0.3, 0.4) is 0 Å². The molecule has 2 N–H and O–H groups in total. The van der Waals surface area contributed by atoms with Gasteiger partial charge < -0.3 is 9.88 Å². The summed E-state index contributed by atoms with van der Waals surface area (Å²) in [6.07, 6.45) is 5.19. The van der Waals surface area contributed by atoms with Crippen LogP contribution < -0.4 is 11.0 Å². The summed E-state index contributed by atoms with van der Waals surface area (Å²) >= 11 is 0. The Bertz CT molecular complexity index is 876. The number of hydrogen-bond donors (Lipinski definition) is 2. The van der Waals surface area contributed by atoms with Gasteiger partial charge in [-0.05, 0) is 31.2 Å². The highest BCUT2D eigenvalue weighted by molar-refractivity contribution is 5.92. The Hall–Kier alpha value is -3.16. The Morgan fingerprint density at radius 1 is 1.33 bits per heavy atom. The van der Waals surface area contributed by atoms with Crippen LogP contribution in [0.1, 0.15) is 12.7 Å². The molecule has 1 amide bonds. The van der Waals surface area contributed by atoms with Gasteiger partial charge in [0.25, 0.3) is 0 Å².